The molecule has 1 atom stereocenters. The van der Waals surface area contributed by atoms with Gasteiger partial charge in [-0.05, 0) is 18.4 Å². The standard InChI is InChI=1S/C20H23F7N2O2/c1-16(2,3)17(31)12-14(18(21,22)19(23,24)20(25,26)27)28-29(17)15(30)11-7-10-13-8-5-4-6-9-13/h4-6,8-9,31H,7,10-12H2,1-3H3/t17-/m0/s1. The molecule has 0 saturated heterocycles. The van der Waals surface area contributed by atoms with Gasteiger partial charge < -0.3 is 5.11 Å². The van der Waals surface area contributed by atoms with E-state index in [1.165, 1.54) is 20.8 Å². The summed E-state index contributed by atoms with van der Waals surface area (Å²) in [5, 5.41) is 14.2. The third-order valence-electron chi connectivity index (χ3n) is 5.23. The number of halogens is 7. The van der Waals surface area contributed by atoms with Gasteiger partial charge in [0, 0.05) is 18.3 Å². The third-order valence-corrected chi connectivity index (χ3v) is 5.23. The van der Waals surface area contributed by atoms with Crippen LogP contribution in [0.1, 0.15) is 45.6 Å². The lowest BCUT2D eigenvalue weighted by Gasteiger charge is -2.42. The second-order valence-electron chi connectivity index (χ2n) is 8.48. The highest BCUT2D eigenvalue weighted by molar-refractivity contribution is 5.96. The first-order chi connectivity index (χ1) is 13.9. The van der Waals surface area contributed by atoms with Gasteiger partial charge in [-0.15, -0.1) is 0 Å². The van der Waals surface area contributed by atoms with E-state index < -0.39 is 47.2 Å². The average Bonchev–Trinajstić information content (AvgIpc) is 3.01. The van der Waals surface area contributed by atoms with Crippen molar-refractivity contribution in [2.45, 2.75) is 70.2 Å². The summed E-state index contributed by atoms with van der Waals surface area (Å²) in [4.78, 5) is 12.6. The maximum absolute atomic E-state index is 14.2. The monoisotopic (exact) mass is 456 g/mol. The summed E-state index contributed by atoms with van der Waals surface area (Å²) < 4.78 is 93.1. The second kappa shape index (κ2) is 8.07. The van der Waals surface area contributed by atoms with Crippen molar-refractivity contribution in [1.29, 1.82) is 0 Å². The molecule has 1 amide bonds. The maximum Gasteiger partial charge on any atom is 0.460 e. The van der Waals surface area contributed by atoms with E-state index in [0.29, 0.717) is 6.42 Å². The number of hydrogen-bond acceptors (Lipinski definition) is 3. The number of benzene rings is 1. The Hall–Kier alpha value is -2.17. The van der Waals surface area contributed by atoms with Gasteiger partial charge in [0.25, 0.3) is 0 Å². The van der Waals surface area contributed by atoms with Crippen molar-refractivity contribution >= 4 is 11.6 Å². The average molecular weight is 456 g/mol. The zero-order chi connectivity index (χ0) is 23.9. The summed E-state index contributed by atoms with van der Waals surface area (Å²) in [6.45, 7) is 3.99. The molecule has 0 unspecified atom stereocenters. The number of hydrazone groups is 1. The lowest BCUT2D eigenvalue weighted by atomic mass is 9.79. The molecule has 31 heavy (non-hydrogen) atoms. The van der Waals surface area contributed by atoms with E-state index in [2.05, 4.69) is 5.10 Å². The van der Waals surface area contributed by atoms with Crippen LogP contribution < -0.4 is 0 Å². The van der Waals surface area contributed by atoms with Crippen molar-refractivity contribution in [3.05, 3.63) is 35.9 Å². The molecule has 1 aliphatic heterocycles. The molecule has 1 aromatic rings. The minimum Gasteiger partial charge on any atom is -0.368 e. The van der Waals surface area contributed by atoms with Gasteiger partial charge >= 0.3 is 18.0 Å². The van der Waals surface area contributed by atoms with Crippen LogP contribution in [0.5, 0.6) is 0 Å². The van der Waals surface area contributed by atoms with E-state index in [1.807, 2.05) is 0 Å². The molecule has 0 saturated carbocycles. The van der Waals surface area contributed by atoms with E-state index >= 15 is 0 Å². The van der Waals surface area contributed by atoms with Gasteiger partial charge in [-0.2, -0.15) is 35.8 Å². The third kappa shape index (κ3) is 4.56. The molecule has 0 fully saturated rings. The molecular weight excluding hydrogens is 433 g/mol. The van der Waals surface area contributed by atoms with Crippen molar-refractivity contribution in [2.24, 2.45) is 10.5 Å². The predicted octanol–water partition coefficient (Wildman–Crippen LogP) is 5.17. The van der Waals surface area contributed by atoms with Crippen LogP contribution in [0, 0.1) is 5.41 Å². The fraction of sp³-hybridized carbons (Fsp3) is 0.600. The molecular formula is C20H23F7N2O2. The Labute approximate surface area is 174 Å². The fourth-order valence-corrected chi connectivity index (χ4v) is 3.12. The first-order valence-electron chi connectivity index (χ1n) is 9.45. The molecule has 0 spiro atoms. The number of hydrogen-bond donors (Lipinski definition) is 1. The van der Waals surface area contributed by atoms with Crippen molar-refractivity contribution < 1.29 is 40.6 Å². The fourth-order valence-electron chi connectivity index (χ4n) is 3.12. The smallest absolute Gasteiger partial charge is 0.368 e. The van der Waals surface area contributed by atoms with Crippen molar-refractivity contribution in [2.75, 3.05) is 0 Å². The van der Waals surface area contributed by atoms with Gasteiger partial charge in [0.05, 0.1) is 0 Å². The van der Waals surface area contributed by atoms with E-state index in [-0.39, 0.29) is 17.9 Å². The number of alkyl halides is 7. The van der Waals surface area contributed by atoms with Crippen molar-refractivity contribution in [1.82, 2.24) is 5.01 Å². The number of carbonyl (C=O) groups excluding carboxylic acids is 1. The van der Waals surface area contributed by atoms with Crippen molar-refractivity contribution in [3.63, 3.8) is 0 Å². The quantitative estimate of drug-likeness (QED) is 0.601. The largest absolute Gasteiger partial charge is 0.460 e. The molecule has 1 heterocycles. The summed E-state index contributed by atoms with van der Waals surface area (Å²) >= 11 is 0. The lowest BCUT2D eigenvalue weighted by Crippen LogP contribution is -2.58. The Morgan fingerprint density at radius 2 is 1.61 bits per heavy atom. The highest BCUT2D eigenvalue weighted by Gasteiger charge is 2.76. The van der Waals surface area contributed by atoms with Gasteiger partial charge in [-0.1, -0.05) is 51.1 Å². The first-order valence-corrected chi connectivity index (χ1v) is 9.45. The van der Waals surface area contributed by atoms with E-state index in [4.69, 9.17) is 0 Å². The molecule has 1 N–H and O–H groups in total. The SMILES string of the molecule is CC(C)(C)[C@@]1(O)CC(C(F)(F)C(F)(F)C(F)(F)F)=NN1C(=O)CCCc1ccccc1. The first kappa shape index (κ1) is 25.1. The normalized spacial score (nSPS) is 20.7. The van der Waals surface area contributed by atoms with E-state index in [9.17, 15) is 40.6 Å². The van der Waals surface area contributed by atoms with Crippen LogP contribution in [0.25, 0.3) is 0 Å². The van der Waals surface area contributed by atoms with Gasteiger partial charge in [-0.3, -0.25) is 4.79 Å². The van der Waals surface area contributed by atoms with Gasteiger partial charge in [-0.25, -0.2) is 5.01 Å². The molecule has 0 bridgehead atoms. The van der Waals surface area contributed by atoms with E-state index in [1.54, 1.807) is 30.3 Å². The van der Waals surface area contributed by atoms with Crippen LogP contribution >= 0.6 is 0 Å². The van der Waals surface area contributed by atoms with Crippen LogP contribution in [0.3, 0.4) is 0 Å². The molecule has 1 aromatic carbocycles. The number of aryl methyl sites for hydroxylation is 1. The van der Waals surface area contributed by atoms with Crippen LogP contribution in [0.2, 0.25) is 0 Å². The topological polar surface area (TPSA) is 52.9 Å². The molecule has 1 aliphatic rings. The summed E-state index contributed by atoms with van der Waals surface area (Å²) in [6, 6.07) is 8.92. The Morgan fingerprint density at radius 1 is 1.06 bits per heavy atom. The van der Waals surface area contributed by atoms with Gasteiger partial charge in [0.1, 0.15) is 5.71 Å². The zero-order valence-electron chi connectivity index (χ0n) is 17.1. The minimum absolute atomic E-state index is 0.222. The van der Waals surface area contributed by atoms with Crippen molar-refractivity contribution in [3.8, 4) is 0 Å². The summed E-state index contributed by atoms with van der Waals surface area (Å²) in [5.41, 5.74) is -4.90. The Balaban J connectivity index is 2.31. The molecule has 0 aromatic heterocycles. The van der Waals surface area contributed by atoms with Gasteiger partial charge in [0.2, 0.25) is 5.91 Å². The second-order valence-corrected chi connectivity index (χ2v) is 8.48. The zero-order valence-corrected chi connectivity index (χ0v) is 17.1. The van der Waals surface area contributed by atoms with Crippen LogP contribution in [0.4, 0.5) is 30.7 Å². The highest BCUT2D eigenvalue weighted by atomic mass is 19.4. The summed E-state index contributed by atoms with van der Waals surface area (Å²) in [7, 11) is 0. The summed E-state index contributed by atoms with van der Waals surface area (Å²) in [6.07, 6.45) is -7.54. The Bertz CT molecular complexity index is 832. The molecule has 174 valence electrons. The van der Waals surface area contributed by atoms with Crippen LogP contribution in [-0.2, 0) is 11.2 Å². The maximum atomic E-state index is 14.2. The number of rotatable bonds is 6. The Morgan fingerprint density at radius 3 is 2.10 bits per heavy atom. The van der Waals surface area contributed by atoms with Gasteiger partial charge in [0.15, 0.2) is 5.72 Å². The number of aliphatic hydroxyl groups is 1. The predicted molar refractivity (Wildman–Crippen MR) is 98.6 cm³/mol. The Kier molecular flexibility index (Phi) is 6.53. The molecule has 0 aliphatic carbocycles. The lowest BCUT2D eigenvalue weighted by molar-refractivity contribution is -0.336. The van der Waals surface area contributed by atoms with E-state index in [0.717, 1.165) is 5.56 Å². The van der Waals surface area contributed by atoms with Crippen LogP contribution in [0.15, 0.2) is 35.4 Å². The molecule has 11 heteroatoms. The number of nitrogens with zero attached hydrogens (tertiary/aromatic N) is 2. The molecule has 4 nitrogen and oxygen atoms in total. The molecule has 0 radical (unpaired) electrons. The molecule has 2 rings (SSSR count). The highest BCUT2D eigenvalue weighted by Crippen LogP contribution is 2.51. The number of amides is 1. The summed E-state index contributed by atoms with van der Waals surface area (Å²) in [5.74, 6) is -13.1. The van der Waals surface area contributed by atoms with Crippen LogP contribution in [-0.4, -0.2) is 45.5 Å². The number of carbonyl (C=O) groups is 1. The minimum atomic E-state index is -6.55.